The number of furan rings is 3. The van der Waals surface area contributed by atoms with Gasteiger partial charge in [0.2, 0.25) is 0 Å². The number of hydrogen-bond donors (Lipinski definition) is 0. The third-order valence-electron chi connectivity index (χ3n) is 27.4. The van der Waals surface area contributed by atoms with E-state index < -0.39 is 0 Å². The molecule has 0 radical (unpaired) electrons. The molecule has 0 aliphatic carbocycles. The van der Waals surface area contributed by atoms with Crippen molar-refractivity contribution in [2.75, 3.05) is 0 Å². The molecule has 9 nitrogen and oxygen atoms in total. The second kappa shape index (κ2) is 33.3. The molecule has 0 aliphatic heterocycles. The summed E-state index contributed by atoms with van der Waals surface area (Å²) >= 11 is 0. The van der Waals surface area contributed by atoms with Crippen LogP contribution in [0.1, 0.15) is 69.4 Å². The van der Waals surface area contributed by atoms with Crippen molar-refractivity contribution in [2.45, 2.75) is 73.1 Å². The van der Waals surface area contributed by atoms with Crippen molar-refractivity contribution in [1.82, 2.24) is 28.7 Å². The Hall–Kier alpha value is -17.0. The molecule has 0 spiro atoms. The lowest BCUT2D eigenvalue weighted by atomic mass is 9.84. The molecule has 137 heavy (non-hydrogen) atoms. The second-order valence-electron chi connectivity index (χ2n) is 38.4. The zero-order chi connectivity index (χ0) is 92.5. The maximum Gasteiger partial charge on any atom is 0.153 e. The lowest BCUT2D eigenvalue weighted by Gasteiger charge is -2.20. The molecule has 0 fully saturated rings. The van der Waals surface area contributed by atoms with Crippen LogP contribution in [0.5, 0.6) is 0 Å². The fourth-order valence-electron chi connectivity index (χ4n) is 21.0. The Bertz CT molecular complexity index is 9130. The van der Waals surface area contributed by atoms with Crippen LogP contribution in [-0.4, -0.2) is 28.7 Å². The fraction of sp³-hybridized carbons (Fsp3) is 0.0859. The molecule has 26 aromatic rings. The van der Waals surface area contributed by atoms with Crippen LogP contribution in [0.15, 0.2) is 432 Å². The number of benzene rings is 17. The summed E-state index contributed by atoms with van der Waals surface area (Å²) in [5.74, 6) is 0. The predicted octanol–water partition coefficient (Wildman–Crippen LogP) is 35.1. The average molecular weight is 1770 g/mol. The van der Waals surface area contributed by atoms with Crippen LogP contribution < -0.4 is 0 Å². The first kappa shape index (κ1) is 83.1. The third-order valence-corrected chi connectivity index (χ3v) is 27.4. The highest BCUT2D eigenvalue weighted by molar-refractivity contribution is 6.15. The minimum Gasteiger partial charge on any atom is -0.454 e. The Morgan fingerprint density at radius 1 is 0.219 bits per heavy atom. The molecule has 0 N–H and O–H groups in total. The third kappa shape index (κ3) is 14.8. The first-order valence-electron chi connectivity index (χ1n) is 47.1. The van der Waals surface area contributed by atoms with Gasteiger partial charge in [-0.05, 0) is 290 Å². The molecule has 0 saturated carbocycles. The molecule has 9 aromatic heterocycles. The van der Waals surface area contributed by atoms with Gasteiger partial charge in [0, 0.05) is 101 Å². The van der Waals surface area contributed by atoms with E-state index in [4.69, 9.17) is 23.2 Å². The second-order valence-corrected chi connectivity index (χ2v) is 38.4. The molecule has 0 aliphatic rings. The summed E-state index contributed by atoms with van der Waals surface area (Å²) in [5, 5.41) is 10.7. The topological polar surface area (TPSA) is 92.9 Å². The number of aromatic nitrogens is 6. The number of nitrogens with zero attached hydrogens (tertiary/aromatic N) is 6. The highest BCUT2D eigenvalue weighted by Gasteiger charge is 2.27. The summed E-state index contributed by atoms with van der Waals surface area (Å²) in [6.07, 6.45) is 5.52. The van der Waals surface area contributed by atoms with Gasteiger partial charge in [-0.3, -0.25) is 15.0 Å². The highest BCUT2D eigenvalue weighted by atomic mass is 16.3. The molecule has 0 saturated heterocycles. The monoisotopic (exact) mass is 1760 g/mol. The van der Waals surface area contributed by atoms with E-state index in [-0.39, 0.29) is 10.8 Å². The molecule has 0 unspecified atom stereocenters. The Labute approximate surface area is 794 Å². The number of aryl methyl sites for hydroxylation is 3. The maximum absolute atomic E-state index is 6.51. The zero-order valence-electron chi connectivity index (χ0n) is 77.7. The molecule has 0 bridgehead atoms. The van der Waals surface area contributed by atoms with Gasteiger partial charge in [-0.1, -0.05) is 284 Å². The number of pyridine rings is 3. The molecule has 0 atom stereocenters. The van der Waals surface area contributed by atoms with Crippen molar-refractivity contribution in [3.05, 3.63) is 447 Å². The molecule has 9 heteroatoms. The minimum atomic E-state index is -0.0869. The van der Waals surface area contributed by atoms with Crippen LogP contribution >= 0.6 is 0 Å². The molecular formula is C128H96N6O3. The Balaban J connectivity index is 0.000000112. The summed E-state index contributed by atoms with van der Waals surface area (Å²) in [7, 11) is 0. The van der Waals surface area contributed by atoms with E-state index in [1.54, 1.807) is 0 Å². The van der Waals surface area contributed by atoms with E-state index in [0.29, 0.717) is 0 Å². The summed E-state index contributed by atoms with van der Waals surface area (Å²) in [4.78, 5) is 14.1. The van der Waals surface area contributed by atoms with Crippen molar-refractivity contribution >= 4 is 132 Å². The van der Waals surface area contributed by atoms with E-state index in [0.717, 1.165) is 122 Å². The largest absolute Gasteiger partial charge is 0.454 e. The van der Waals surface area contributed by atoms with Gasteiger partial charge >= 0.3 is 0 Å². The lowest BCUT2D eigenvalue weighted by molar-refractivity contribution is 0.573. The van der Waals surface area contributed by atoms with E-state index in [1.807, 2.05) is 55.0 Å². The predicted molar refractivity (Wildman–Crippen MR) is 573 cm³/mol. The summed E-state index contributed by atoms with van der Waals surface area (Å²) in [5.41, 5.74) is 43.2. The summed E-state index contributed by atoms with van der Waals surface area (Å²) in [6, 6.07) is 144. The van der Waals surface area contributed by atoms with Crippen LogP contribution in [-0.2, 0) is 10.8 Å². The van der Waals surface area contributed by atoms with E-state index in [9.17, 15) is 0 Å². The first-order valence-corrected chi connectivity index (χ1v) is 47.1. The van der Waals surface area contributed by atoms with Crippen molar-refractivity contribution in [1.29, 1.82) is 0 Å². The van der Waals surface area contributed by atoms with E-state index in [1.165, 1.54) is 143 Å². The quantitative estimate of drug-likeness (QED) is 0.128. The fourth-order valence-corrected chi connectivity index (χ4v) is 21.0. The van der Waals surface area contributed by atoms with Crippen LogP contribution in [0.25, 0.3) is 238 Å². The molecule has 0 amide bonds. The smallest absolute Gasteiger partial charge is 0.153 e. The average Bonchev–Trinajstić information content (AvgIpc) is 1.64. The van der Waals surface area contributed by atoms with Gasteiger partial charge < -0.3 is 27.0 Å². The van der Waals surface area contributed by atoms with Gasteiger partial charge in [0.1, 0.15) is 33.3 Å². The standard InChI is InChI=1S/C45H34N2O.C44H32N2O.C39H30N2O/c1-45(2,3)34-22-20-29(21-23-34)38-27-33(28-39-43-42(48-44(38)39)19-10-24-46-43)31-12-8-11-30(25-31)32-13-9-14-35(26-32)47-40-17-6-4-15-36(40)37-16-5-7-18-41(37)47;1-27-21-28(2)42(29(3)22-27)37-25-33(26-38-43-41(47-44(37)38)19-10-20-45-43)31-12-8-11-30(23-31)32-13-9-14-34(24-32)46-39-17-6-4-15-35(39)36-16-5-7-18-40(36)46;1-39(2,3)33-24-28(23-32-37-36(42-38(32)33)19-10-20-40-37)26-12-8-11-25(21-26)27-13-9-14-29(22-27)41-34-17-6-4-15-30(34)31-16-5-7-18-35(31)41/h4-28H,1-3H3;4-26H,1-3H3;4-24H,1-3H3. The van der Waals surface area contributed by atoms with Crippen LogP contribution in [0.2, 0.25) is 0 Å². The van der Waals surface area contributed by atoms with Crippen molar-refractivity contribution < 1.29 is 13.3 Å². The summed E-state index contributed by atoms with van der Waals surface area (Å²) < 4.78 is 26.4. The maximum atomic E-state index is 6.51. The van der Waals surface area contributed by atoms with Gasteiger partial charge in [-0.25, -0.2) is 0 Å². The van der Waals surface area contributed by atoms with Gasteiger partial charge in [-0.15, -0.1) is 0 Å². The first-order chi connectivity index (χ1) is 66.9. The van der Waals surface area contributed by atoms with Crippen LogP contribution in [0.3, 0.4) is 0 Å². The van der Waals surface area contributed by atoms with Crippen LogP contribution in [0.4, 0.5) is 0 Å². The molecule has 656 valence electrons. The van der Waals surface area contributed by atoms with Crippen molar-refractivity contribution in [2.24, 2.45) is 0 Å². The van der Waals surface area contributed by atoms with Gasteiger partial charge in [0.05, 0.1) is 33.1 Å². The number of para-hydroxylation sites is 6. The minimum absolute atomic E-state index is 0.0816. The molecule has 9 heterocycles. The van der Waals surface area contributed by atoms with Crippen molar-refractivity contribution in [3.8, 4) is 106 Å². The highest BCUT2D eigenvalue weighted by Crippen LogP contribution is 2.48. The Morgan fingerprint density at radius 2 is 0.511 bits per heavy atom. The number of fused-ring (bicyclic) bond motifs is 18. The normalized spacial score (nSPS) is 12.0. The van der Waals surface area contributed by atoms with E-state index in [2.05, 4.69) is 445 Å². The van der Waals surface area contributed by atoms with Gasteiger partial charge in [-0.2, -0.15) is 0 Å². The zero-order valence-corrected chi connectivity index (χ0v) is 77.7. The number of rotatable bonds is 11. The Morgan fingerprint density at radius 3 is 0.854 bits per heavy atom. The Kier molecular flexibility index (Phi) is 20.2. The van der Waals surface area contributed by atoms with E-state index >= 15 is 0 Å². The molecule has 26 rings (SSSR count). The van der Waals surface area contributed by atoms with Gasteiger partial charge in [0.25, 0.3) is 0 Å². The lowest BCUT2D eigenvalue weighted by Crippen LogP contribution is -2.11. The van der Waals surface area contributed by atoms with Gasteiger partial charge in [0.15, 0.2) is 16.7 Å². The summed E-state index contributed by atoms with van der Waals surface area (Å²) in [6.45, 7) is 20.0. The van der Waals surface area contributed by atoms with Crippen molar-refractivity contribution in [3.63, 3.8) is 0 Å². The number of hydrogen-bond acceptors (Lipinski definition) is 6. The molecule has 17 aromatic carbocycles. The SMILES string of the molecule is CC(C)(C)c1cc(-c2cccc(-c3cccc(-n4c5ccccc5c5ccccc54)c3)c2)cc2c1oc1cccnc12.CC(C)(C)c1ccc(-c2cc(-c3cccc(-c4cccc(-n5c6ccccc6c6ccccc65)c4)c3)cc3c2oc2cccnc23)cc1.Cc1cc(C)c(-c2cc(-c3cccc(-c4cccc(-n5c6ccccc6c6ccccc65)c4)c3)cc3c2oc2cccnc23)c(C)c1. The molecular weight excluding hydrogens is 1670 g/mol. The van der Waals surface area contributed by atoms with Crippen LogP contribution in [0, 0.1) is 20.8 Å².